The lowest BCUT2D eigenvalue weighted by atomic mass is 10.1. The van der Waals surface area contributed by atoms with E-state index in [4.69, 9.17) is 14.2 Å². The van der Waals surface area contributed by atoms with Crippen molar-refractivity contribution in [1.82, 2.24) is 5.32 Å². The molecule has 0 spiro atoms. The van der Waals surface area contributed by atoms with Gasteiger partial charge in [0, 0.05) is 4.47 Å². The molecular weight excluding hydrogens is 636 g/mol. The monoisotopic (exact) mass is 656 g/mol. The van der Waals surface area contributed by atoms with E-state index in [1.54, 1.807) is 19.1 Å². The van der Waals surface area contributed by atoms with Crippen LogP contribution < -0.4 is 19.7 Å². The number of anilines is 1. The minimum atomic E-state index is -0.901. The van der Waals surface area contributed by atoms with E-state index in [1.165, 1.54) is 37.5 Å². The van der Waals surface area contributed by atoms with Crippen LogP contribution in [0.1, 0.15) is 28.4 Å². The van der Waals surface area contributed by atoms with E-state index in [9.17, 15) is 19.2 Å². The Balaban J connectivity index is 1.60. The Morgan fingerprint density at radius 1 is 1.00 bits per heavy atom. The van der Waals surface area contributed by atoms with Crippen LogP contribution in [-0.2, 0) is 20.9 Å². The largest absolute Gasteiger partial charge is 0.493 e. The van der Waals surface area contributed by atoms with Gasteiger partial charge in [-0.2, -0.15) is 0 Å². The van der Waals surface area contributed by atoms with Crippen molar-refractivity contribution in [1.29, 1.82) is 0 Å². The molecule has 0 saturated carbocycles. The second kappa shape index (κ2) is 12.3. The third-order valence-corrected chi connectivity index (χ3v) is 6.72. The van der Waals surface area contributed by atoms with E-state index in [0.29, 0.717) is 21.5 Å². The zero-order valence-corrected chi connectivity index (χ0v) is 24.0. The summed E-state index contributed by atoms with van der Waals surface area (Å²) in [5, 5.41) is 2.18. The van der Waals surface area contributed by atoms with Crippen molar-refractivity contribution in [3.63, 3.8) is 0 Å². The minimum Gasteiger partial charge on any atom is -0.493 e. The van der Waals surface area contributed by atoms with Crippen LogP contribution in [0.2, 0.25) is 0 Å². The highest BCUT2D eigenvalue weighted by atomic mass is 79.9. The molecule has 1 aliphatic heterocycles. The lowest BCUT2D eigenvalue weighted by Crippen LogP contribution is -2.54. The standard InChI is InChI=1S/C28H22Br2N2O7/c1-3-38-27(35)18-6-10-20(11-7-18)32-26(34)21(25(33)31-28(32)36)12-17-13-22(30)24(23(14-17)37-2)39-15-16-4-8-19(29)9-5-16/h4-14H,3,15H2,1-2H3,(H,31,33,36)/b21-12+. The Morgan fingerprint density at radius 3 is 2.33 bits per heavy atom. The zero-order chi connectivity index (χ0) is 28.1. The molecule has 200 valence electrons. The summed E-state index contributed by atoms with van der Waals surface area (Å²) in [5.74, 6) is -1.37. The predicted octanol–water partition coefficient (Wildman–Crippen LogP) is 5.64. The highest BCUT2D eigenvalue weighted by Gasteiger charge is 2.37. The normalized spacial score (nSPS) is 14.3. The number of hydrogen-bond donors (Lipinski definition) is 1. The van der Waals surface area contributed by atoms with Crippen molar-refractivity contribution in [3.05, 3.63) is 91.9 Å². The molecule has 3 aromatic carbocycles. The topological polar surface area (TPSA) is 111 Å². The number of esters is 1. The van der Waals surface area contributed by atoms with Crippen LogP contribution in [0.4, 0.5) is 10.5 Å². The third-order valence-electron chi connectivity index (χ3n) is 5.60. The van der Waals surface area contributed by atoms with Gasteiger partial charge in [-0.3, -0.25) is 14.9 Å². The Bertz CT molecular complexity index is 1470. The summed E-state index contributed by atoms with van der Waals surface area (Å²) in [6.45, 7) is 2.19. The van der Waals surface area contributed by atoms with Gasteiger partial charge in [0.05, 0.1) is 29.4 Å². The summed E-state index contributed by atoms with van der Waals surface area (Å²) >= 11 is 6.88. The Morgan fingerprint density at radius 2 is 1.69 bits per heavy atom. The van der Waals surface area contributed by atoms with Gasteiger partial charge in [0.15, 0.2) is 11.5 Å². The summed E-state index contributed by atoms with van der Waals surface area (Å²) in [7, 11) is 1.48. The van der Waals surface area contributed by atoms with Crippen molar-refractivity contribution in [2.75, 3.05) is 18.6 Å². The Labute approximate surface area is 241 Å². The third kappa shape index (κ3) is 6.37. The molecule has 0 radical (unpaired) electrons. The molecule has 1 heterocycles. The second-order valence-electron chi connectivity index (χ2n) is 8.17. The maximum atomic E-state index is 13.3. The fourth-order valence-electron chi connectivity index (χ4n) is 3.72. The van der Waals surface area contributed by atoms with Gasteiger partial charge in [-0.1, -0.05) is 28.1 Å². The number of benzene rings is 3. The van der Waals surface area contributed by atoms with E-state index in [2.05, 4.69) is 37.2 Å². The molecule has 4 amide bonds. The first-order valence-corrected chi connectivity index (χ1v) is 13.2. The summed E-state index contributed by atoms with van der Waals surface area (Å²) in [6.07, 6.45) is 1.36. The number of amides is 4. The SMILES string of the molecule is CCOC(=O)c1ccc(N2C(=O)NC(=O)/C(=C\c3cc(Br)c(OCc4ccc(Br)cc4)c(OC)c3)C2=O)cc1. The molecule has 3 aromatic rings. The molecule has 1 saturated heterocycles. The van der Waals surface area contributed by atoms with Gasteiger partial charge in [-0.25, -0.2) is 14.5 Å². The minimum absolute atomic E-state index is 0.180. The lowest BCUT2D eigenvalue weighted by Gasteiger charge is -2.26. The maximum absolute atomic E-state index is 13.3. The summed E-state index contributed by atoms with van der Waals surface area (Å²) < 4.78 is 17.9. The van der Waals surface area contributed by atoms with Crippen molar-refractivity contribution in [2.45, 2.75) is 13.5 Å². The number of nitrogens with zero attached hydrogens (tertiary/aromatic N) is 1. The van der Waals surface area contributed by atoms with Crippen molar-refractivity contribution in [2.24, 2.45) is 0 Å². The van der Waals surface area contributed by atoms with Crippen LogP contribution in [-0.4, -0.2) is 37.5 Å². The summed E-state index contributed by atoms with van der Waals surface area (Å²) in [6, 6.07) is 15.8. The van der Waals surface area contributed by atoms with Gasteiger partial charge in [0.1, 0.15) is 12.2 Å². The quantitative estimate of drug-likeness (QED) is 0.190. The van der Waals surface area contributed by atoms with Crippen molar-refractivity contribution in [3.8, 4) is 11.5 Å². The van der Waals surface area contributed by atoms with Gasteiger partial charge in [-0.05, 0) is 88.6 Å². The molecule has 1 aliphatic rings. The molecule has 39 heavy (non-hydrogen) atoms. The highest BCUT2D eigenvalue weighted by Crippen LogP contribution is 2.38. The molecule has 0 atom stereocenters. The molecule has 0 aliphatic carbocycles. The number of methoxy groups -OCH3 is 1. The fourth-order valence-corrected chi connectivity index (χ4v) is 4.56. The van der Waals surface area contributed by atoms with Crippen LogP contribution in [0.5, 0.6) is 11.5 Å². The first-order valence-electron chi connectivity index (χ1n) is 11.6. The molecule has 1 fully saturated rings. The first kappa shape index (κ1) is 28.1. The van der Waals surface area contributed by atoms with Crippen LogP contribution in [0.3, 0.4) is 0 Å². The molecule has 0 aromatic heterocycles. The molecular formula is C28H22Br2N2O7. The highest BCUT2D eigenvalue weighted by molar-refractivity contribution is 9.10. The maximum Gasteiger partial charge on any atom is 0.338 e. The van der Waals surface area contributed by atoms with Gasteiger partial charge >= 0.3 is 12.0 Å². The van der Waals surface area contributed by atoms with Crippen molar-refractivity contribution < 1.29 is 33.4 Å². The van der Waals surface area contributed by atoms with Gasteiger partial charge in [-0.15, -0.1) is 0 Å². The number of carbonyl (C=O) groups excluding carboxylic acids is 4. The van der Waals surface area contributed by atoms with E-state index < -0.39 is 23.8 Å². The Hall–Kier alpha value is -3.96. The van der Waals surface area contributed by atoms with Crippen LogP contribution >= 0.6 is 31.9 Å². The number of ether oxygens (including phenoxy) is 3. The fraction of sp³-hybridized carbons (Fsp3) is 0.143. The van der Waals surface area contributed by atoms with E-state index in [0.717, 1.165) is 14.9 Å². The number of nitrogens with one attached hydrogen (secondary N) is 1. The molecule has 4 rings (SSSR count). The molecule has 0 bridgehead atoms. The van der Waals surface area contributed by atoms with Crippen LogP contribution in [0, 0.1) is 0 Å². The lowest BCUT2D eigenvalue weighted by molar-refractivity contribution is -0.122. The van der Waals surface area contributed by atoms with Gasteiger partial charge in [0.25, 0.3) is 11.8 Å². The second-order valence-corrected chi connectivity index (χ2v) is 9.94. The van der Waals surface area contributed by atoms with E-state index in [1.807, 2.05) is 24.3 Å². The number of hydrogen-bond acceptors (Lipinski definition) is 7. The molecule has 11 heteroatoms. The average molecular weight is 658 g/mol. The summed E-state index contributed by atoms with van der Waals surface area (Å²) in [5.41, 5.74) is 1.58. The molecule has 9 nitrogen and oxygen atoms in total. The zero-order valence-electron chi connectivity index (χ0n) is 20.8. The number of halogens is 2. The van der Waals surface area contributed by atoms with Gasteiger partial charge in [0.2, 0.25) is 0 Å². The van der Waals surface area contributed by atoms with E-state index >= 15 is 0 Å². The van der Waals surface area contributed by atoms with E-state index in [-0.39, 0.29) is 30.0 Å². The number of imide groups is 2. The average Bonchev–Trinajstić information content (AvgIpc) is 2.91. The van der Waals surface area contributed by atoms with Crippen LogP contribution in [0.15, 0.2) is 75.2 Å². The number of carbonyl (C=O) groups is 4. The molecule has 0 unspecified atom stereocenters. The predicted molar refractivity (Wildman–Crippen MR) is 151 cm³/mol. The number of rotatable bonds is 8. The van der Waals surface area contributed by atoms with Crippen LogP contribution in [0.25, 0.3) is 6.08 Å². The number of urea groups is 1. The first-order chi connectivity index (χ1) is 18.7. The summed E-state index contributed by atoms with van der Waals surface area (Å²) in [4.78, 5) is 51.2. The Kier molecular flexibility index (Phi) is 8.82. The smallest absolute Gasteiger partial charge is 0.338 e. The van der Waals surface area contributed by atoms with Gasteiger partial charge < -0.3 is 14.2 Å². The molecule has 1 N–H and O–H groups in total. The number of barbiturate groups is 1. The van der Waals surface area contributed by atoms with Crippen molar-refractivity contribution >= 4 is 67.4 Å².